The van der Waals surface area contributed by atoms with Crippen LogP contribution in [-0.2, 0) is 4.74 Å². The number of rotatable bonds is 4. The van der Waals surface area contributed by atoms with E-state index in [1.165, 1.54) is 0 Å². The van der Waals surface area contributed by atoms with Crippen molar-refractivity contribution in [1.29, 1.82) is 0 Å². The van der Waals surface area contributed by atoms with E-state index in [-0.39, 0.29) is 27.1 Å². The molecule has 1 aromatic heterocycles. The van der Waals surface area contributed by atoms with Crippen LogP contribution in [0.15, 0.2) is 4.42 Å². The van der Waals surface area contributed by atoms with Crippen LogP contribution in [0, 0.1) is 4.02 Å². The van der Waals surface area contributed by atoms with Crippen molar-refractivity contribution < 1.29 is 18.7 Å². The predicted molar refractivity (Wildman–Crippen MR) is 63.7 cm³/mol. The van der Waals surface area contributed by atoms with Crippen molar-refractivity contribution in [3.05, 3.63) is 8.90 Å². The lowest BCUT2D eigenvalue weighted by atomic mass is 10.4. The first-order chi connectivity index (χ1) is 7.40. The lowest BCUT2D eigenvalue weighted by Crippen LogP contribution is -2.13. The van der Waals surface area contributed by atoms with Crippen LogP contribution in [0.4, 0.5) is 0 Å². The number of esters is 1. The van der Waals surface area contributed by atoms with Gasteiger partial charge < -0.3 is 13.9 Å². The van der Waals surface area contributed by atoms with Gasteiger partial charge in [-0.05, 0) is 39.9 Å². The fraction of sp³-hybridized carbons (Fsp3) is 0.600. The molecule has 0 radical (unpaired) electrons. The van der Waals surface area contributed by atoms with Gasteiger partial charge in [-0.1, -0.05) is 11.3 Å². The second-order valence-corrected chi connectivity index (χ2v) is 5.30. The second kappa shape index (κ2) is 5.45. The maximum atomic E-state index is 11.7. The quantitative estimate of drug-likeness (QED) is 0.614. The second-order valence-electron chi connectivity index (χ2n) is 3.69. The summed E-state index contributed by atoms with van der Waals surface area (Å²) >= 11 is 5.93. The Balaban J connectivity index is 2.94. The molecule has 1 rings (SSSR count). The van der Waals surface area contributed by atoms with Gasteiger partial charge in [-0.15, -0.1) is 0 Å². The van der Waals surface area contributed by atoms with E-state index in [4.69, 9.17) is 26.1 Å². The number of hydrogen-bond acceptors (Lipinski definition) is 6. The molecule has 0 aliphatic carbocycles. The monoisotopic (exact) mass is 262 g/mol. The topological polar surface area (TPSA) is 48.7 Å². The molecule has 0 N–H and O–H groups in total. The third-order valence-corrected chi connectivity index (χ3v) is 2.54. The van der Waals surface area contributed by atoms with Gasteiger partial charge in [0.15, 0.2) is 4.88 Å². The summed E-state index contributed by atoms with van der Waals surface area (Å²) in [5.41, 5.74) is 0. The van der Waals surface area contributed by atoms with Crippen molar-refractivity contribution in [1.82, 2.24) is 0 Å². The summed E-state index contributed by atoms with van der Waals surface area (Å²) in [4.78, 5) is 12.0. The van der Waals surface area contributed by atoms with Crippen LogP contribution in [-0.4, -0.2) is 18.2 Å². The molecule has 1 aromatic rings. The summed E-state index contributed by atoms with van der Waals surface area (Å²) in [7, 11) is 0. The van der Waals surface area contributed by atoms with Gasteiger partial charge in [0.05, 0.1) is 12.2 Å². The Morgan fingerprint density at radius 3 is 2.44 bits per heavy atom. The van der Waals surface area contributed by atoms with Crippen LogP contribution in [0.1, 0.15) is 37.4 Å². The number of hydrogen-bond donors (Lipinski definition) is 0. The van der Waals surface area contributed by atoms with Crippen molar-refractivity contribution in [2.45, 2.75) is 39.9 Å². The van der Waals surface area contributed by atoms with Crippen molar-refractivity contribution in [2.24, 2.45) is 0 Å². The Bertz CT molecular complexity index is 417. The molecule has 0 saturated carbocycles. The van der Waals surface area contributed by atoms with Crippen molar-refractivity contribution >= 4 is 29.5 Å². The molecule has 0 aliphatic heterocycles. The summed E-state index contributed by atoms with van der Waals surface area (Å²) in [5.74, 6) is -0.314. The highest BCUT2D eigenvalue weighted by atomic mass is 32.1. The first-order valence-electron chi connectivity index (χ1n) is 4.91. The standard InChI is InChI=1S/C10H14O4S2/c1-5(2)12-8(11)7-9(13-6(3)4)14-10(15)16-7/h5-6H,1-4H3. The summed E-state index contributed by atoms with van der Waals surface area (Å²) in [6.07, 6.45) is -0.270. The Morgan fingerprint density at radius 2 is 1.94 bits per heavy atom. The maximum absolute atomic E-state index is 11.7. The lowest BCUT2D eigenvalue weighted by Gasteiger charge is -2.09. The Kier molecular flexibility index (Phi) is 4.49. The van der Waals surface area contributed by atoms with Crippen LogP contribution < -0.4 is 4.74 Å². The van der Waals surface area contributed by atoms with Crippen LogP contribution in [0.3, 0.4) is 0 Å². The molecule has 0 bridgehead atoms. The Labute approximate surface area is 103 Å². The van der Waals surface area contributed by atoms with Gasteiger partial charge in [0.2, 0.25) is 0 Å². The molecule has 0 unspecified atom stereocenters. The molecule has 0 fully saturated rings. The summed E-state index contributed by atoms with van der Waals surface area (Å²) < 4.78 is 15.8. The van der Waals surface area contributed by atoms with Gasteiger partial charge in [0.1, 0.15) is 0 Å². The highest BCUT2D eigenvalue weighted by molar-refractivity contribution is 7.73. The molecule has 0 aliphatic rings. The average Bonchev–Trinajstić information content (AvgIpc) is 2.44. The van der Waals surface area contributed by atoms with E-state index in [0.717, 1.165) is 11.3 Å². The van der Waals surface area contributed by atoms with Gasteiger partial charge in [-0.25, -0.2) is 4.79 Å². The SMILES string of the molecule is CC(C)OC(=O)c1sc(=S)oc1OC(C)C. The van der Waals surface area contributed by atoms with Gasteiger partial charge >= 0.3 is 11.9 Å². The minimum absolute atomic E-state index is 0.0849. The first kappa shape index (κ1) is 13.2. The van der Waals surface area contributed by atoms with Crippen molar-refractivity contribution in [3.63, 3.8) is 0 Å². The number of carbonyl (C=O) groups excluding carboxylic acids is 1. The molecule has 6 heteroatoms. The lowest BCUT2D eigenvalue weighted by molar-refractivity contribution is 0.0373. The summed E-state index contributed by atoms with van der Waals surface area (Å²) in [5, 5.41) is 0. The van der Waals surface area contributed by atoms with E-state index in [9.17, 15) is 4.79 Å². The molecule has 1 heterocycles. The Hall–Kier alpha value is -0.880. The molecular formula is C10H14O4S2. The first-order valence-corrected chi connectivity index (χ1v) is 6.14. The van der Waals surface area contributed by atoms with E-state index in [0.29, 0.717) is 0 Å². The third kappa shape index (κ3) is 3.61. The van der Waals surface area contributed by atoms with Crippen molar-refractivity contribution in [2.75, 3.05) is 0 Å². The van der Waals surface area contributed by atoms with Crippen LogP contribution >= 0.6 is 23.6 Å². The zero-order chi connectivity index (χ0) is 12.3. The molecule has 0 saturated heterocycles. The zero-order valence-electron chi connectivity index (χ0n) is 9.60. The highest BCUT2D eigenvalue weighted by Gasteiger charge is 2.22. The molecule has 0 atom stereocenters. The smallest absolute Gasteiger partial charge is 0.356 e. The van der Waals surface area contributed by atoms with Gasteiger partial charge in [0.25, 0.3) is 4.02 Å². The molecule has 16 heavy (non-hydrogen) atoms. The number of carbonyl (C=O) groups is 1. The van der Waals surface area contributed by atoms with Gasteiger partial charge in [-0.2, -0.15) is 0 Å². The normalized spacial score (nSPS) is 10.9. The fourth-order valence-electron chi connectivity index (χ4n) is 0.952. The van der Waals surface area contributed by atoms with Crippen molar-refractivity contribution in [3.8, 4) is 5.95 Å². The number of ether oxygens (including phenoxy) is 2. The maximum Gasteiger partial charge on any atom is 0.356 e. The van der Waals surface area contributed by atoms with E-state index < -0.39 is 5.97 Å². The minimum atomic E-state index is -0.463. The summed E-state index contributed by atoms with van der Waals surface area (Å²) in [6, 6.07) is 0. The average molecular weight is 262 g/mol. The molecule has 0 spiro atoms. The molecule has 90 valence electrons. The Morgan fingerprint density at radius 1 is 1.31 bits per heavy atom. The third-order valence-electron chi connectivity index (χ3n) is 1.42. The van der Waals surface area contributed by atoms with E-state index >= 15 is 0 Å². The van der Waals surface area contributed by atoms with Crippen LogP contribution in [0.2, 0.25) is 0 Å². The summed E-state index contributed by atoms with van der Waals surface area (Å²) in [6.45, 7) is 7.24. The van der Waals surface area contributed by atoms with E-state index in [2.05, 4.69) is 0 Å². The van der Waals surface area contributed by atoms with E-state index in [1.807, 2.05) is 13.8 Å². The minimum Gasteiger partial charge on any atom is -0.461 e. The molecule has 4 nitrogen and oxygen atoms in total. The van der Waals surface area contributed by atoms with Crippen LogP contribution in [0.25, 0.3) is 0 Å². The van der Waals surface area contributed by atoms with Gasteiger partial charge in [-0.3, -0.25) is 0 Å². The largest absolute Gasteiger partial charge is 0.461 e. The molecular weight excluding hydrogens is 248 g/mol. The highest BCUT2D eigenvalue weighted by Crippen LogP contribution is 2.28. The molecule has 0 aromatic carbocycles. The van der Waals surface area contributed by atoms with E-state index in [1.54, 1.807) is 13.8 Å². The predicted octanol–water partition coefficient (Wildman–Crippen LogP) is 3.42. The van der Waals surface area contributed by atoms with Gasteiger partial charge in [0, 0.05) is 0 Å². The molecule has 0 amide bonds. The van der Waals surface area contributed by atoms with Crippen LogP contribution in [0.5, 0.6) is 5.95 Å². The fourth-order valence-corrected chi connectivity index (χ4v) is 1.87. The zero-order valence-corrected chi connectivity index (χ0v) is 11.2.